The number of carbonyl (C=O) groups is 1. The predicted molar refractivity (Wildman–Crippen MR) is 71.2 cm³/mol. The molecule has 100 valence electrons. The van der Waals surface area contributed by atoms with E-state index in [2.05, 4.69) is 10.3 Å². The smallest absolute Gasteiger partial charge is 0.253 e. The summed E-state index contributed by atoms with van der Waals surface area (Å²) >= 11 is 0. The number of amides is 1. The fraction of sp³-hybridized carbons (Fsp3) is 0.133. The lowest BCUT2D eigenvalue weighted by molar-refractivity contribution is 0.0939. The molecule has 1 heterocycles. The van der Waals surface area contributed by atoms with Crippen molar-refractivity contribution in [1.29, 1.82) is 5.26 Å². The Bertz CT molecular complexity index is 665. The van der Waals surface area contributed by atoms with Crippen molar-refractivity contribution in [2.24, 2.45) is 0 Å². The second kappa shape index (κ2) is 5.93. The van der Waals surface area contributed by atoms with Gasteiger partial charge in [-0.05, 0) is 36.8 Å². The van der Waals surface area contributed by atoms with Gasteiger partial charge in [0.25, 0.3) is 5.91 Å². The Hall–Kier alpha value is -2.74. The zero-order valence-electron chi connectivity index (χ0n) is 10.8. The largest absolute Gasteiger partial charge is 0.345 e. The summed E-state index contributed by atoms with van der Waals surface area (Å²) in [5.41, 5.74) is 1.08. The molecular formula is C15H12FN3O. The maximum atomic E-state index is 13.2. The van der Waals surface area contributed by atoms with Gasteiger partial charge in [0, 0.05) is 12.4 Å². The number of hydrogen-bond donors (Lipinski definition) is 1. The van der Waals surface area contributed by atoms with Crippen molar-refractivity contribution in [2.75, 3.05) is 0 Å². The van der Waals surface area contributed by atoms with Crippen molar-refractivity contribution < 1.29 is 9.18 Å². The topological polar surface area (TPSA) is 65.8 Å². The second-order valence-corrected chi connectivity index (χ2v) is 4.29. The summed E-state index contributed by atoms with van der Waals surface area (Å²) in [4.78, 5) is 15.8. The van der Waals surface area contributed by atoms with Crippen LogP contribution in [-0.2, 0) is 0 Å². The molecule has 2 rings (SSSR count). The highest BCUT2D eigenvalue weighted by molar-refractivity contribution is 5.94. The van der Waals surface area contributed by atoms with Gasteiger partial charge in [-0.1, -0.05) is 6.07 Å². The van der Waals surface area contributed by atoms with Gasteiger partial charge in [0.2, 0.25) is 0 Å². The minimum absolute atomic E-state index is 0.0371. The fourth-order valence-electron chi connectivity index (χ4n) is 1.76. The normalized spacial score (nSPS) is 11.4. The number of benzene rings is 1. The summed E-state index contributed by atoms with van der Waals surface area (Å²) in [5.74, 6) is -0.838. The van der Waals surface area contributed by atoms with E-state index < -0.39 is 5.82 Å². The maximum absolute atomic E-state index is 13.2. The predicted octanol–water partition coefficient (Wildman–Crippen LogP) is 2.58. The third-order valence-corrected chi connectivity index (χ3v) is 2.88. The highest BCUT2D eigenvalue weighted by Gasteiger charge is 2.13. The molecule has 0 spiro atoms. The van der Waals surface area contributed by atoms with Crippen molar-refractivity contribution in [3.8, 4) is 6.07 Å². The Morgan fingerprint density at radius 1 is 1.45 bits per heavy atom. The average molecular weight is 269 g/mol. The summed E-state index contributed by atoms with van der Waals surface area (Å²) in [6, 6.07) is 8.97. The SMILES string of the molecule is CC(NC(=O)c1cccnc1)c1ccc(F)c(C#N)c1. The average Bonchev–Trinajstić information content (AvgIpc) is 2.48. The van der Waals surface area contributed by atoms with E-state index in [0.29, 0.717) is 11.1 Å². The van der Waals surface area contributed by atoms with Gasteiger partial charge < -0.3 is 5.32 Å². The molecule has 0 aliphatic rings. The van der Waals surface area contributed by atoms with E-state index in [1.54, 1.807) is 37.4 Å². The van der Waals surface area contributed by atoms with E-state index in [-0.39, 0.29) is 17.5 Å². The number of nitrogens with zero attached hydrogens (tertiary/aromatic N) is 2. The zero-order chi connectivity index (χ0) is 14.5. The Morgan fingerprint density at radius 2 is 2.25 bits per heavy atom. The van der Waals surface area contributed by atoms with Crippen molar-refractivity contribution in [3.63, 3.8) is 0 Å². The number of aromatic nitrogens is 1. The summed E-state index contributed by atoms with van der Waals surface area (Å²) < 4.78 is 13.2. The molecule has 1 amide bonds. The lowest BCUT2D eigenvalue weighted by Gasteiger charge is -2.14. The molecule has 1 aromatic carbocycles. The minimum Gasteiger partial charge on any atom is -0.345 e. The molecule has 1 aromatic heterocycles. The zero-order valence-corrected chi connectivity index (χ0v) is 10.8. The van der Waals surface area contributed by atoms with Crippen molar-refractivity contribution in [2.45, 2.75) is 13.0 Å². The van der Waals surface area contributed by atoms with Crippen LogP contribution in [-0.4, -0.2) is 10.9 Å². The quantitative estimate of drug-likeness (QED) is 0.931. The molecule has 0 radical (unpaired) electrons. The van der Waals surface area contributed by atoms with E-state index in [1.807, 2.05) is 0 Å². The molecule has 0 saturated carbocycles. The molecule has 0 aliphatic heterocycles. The molecule has 1 unspecified atom stereocenters. The minimum atomic E-state index is -0.568. The summed E-state index contributed by atoms with van der Waals surface area (Å²) in [6.07, 6.45) is 3.05. The lowest BCUT2D eigenvalue weighted by atomic mass is 10.0. The fourth-order valence-corrected chi connectivity index (χ4v) is 1.76. The van der Waals surface area contributed by atoms with Crippen LogP contribution in [0.2, 0.25) is 0 Å². The van der Waals surface area contributed by atoms with Crippen LogP contribution in [0.25, 0.3) is 0 Å². The summed E-state index contributed by atoms with van der Waals surface area (Å²) in [6.45, 7) is 1.77. The standard InChI is InChI=1S/C15H12FN3O/c1-10(11-4-5-14(16)13(7-11)8-17)19-15(20)12-3-2-6-18-9-12/h2-7,9-10H,1H3,(H,19,20). The molecule has 0 saturated heterocycles. The van der Waals surface area contributed by atoms with Gasteiger partial charge in [-0.3, -0.25) is 9.78 Å². The number of halogens is 1. The Kier molecular flexibility index (Phi) is 4.06. The van der Waals surface area contributed by atoms with Gasteiger partial charge in [-0.15, -0.1) is 0 Å². The van der Waals surface area contributed by atoms with Crippen LogP contribution in [0.3, 0.4) is 0 Å². The van der Waals surface area contributed by atoms with Crippen LogP contribution in [0.5, 0.6) is 0 Å². The number of nitriles is 1. The van der Waals surface area contributed by atoms with Crippen molar-refractivity contribution in [1.82, 2.24) is 10.3 Å². The molecule has 2 aromatic rings. The molecule has 1 N–H and O–H groups in total. The Balaban J connectivity index is 2.15. The van der Waals surface area contributed by atoms with Crippen LogP contribution in [0.15, 0.2) is 42.7 Å². The highest BCUT2D eigenvalue weighted by atomic mass is 19.1. The number of carbonyl (C=O) groups excluding carboxylic acids is 1. The van der Waals surface area contributed by atoms with Gasteiger partial charge in [-0.2, -0.15) is 5.26 Å². The van der Waals surface area contributed by atoms with Crippen LogP contribution < -0.4 is 5.32 Å². The highest BCUT2D eigenvalue weighted by Crippen LogP contribution is 2.17. The van der Waals surface area contributed by atoms with Crippen molar-refractivity contribution in [3.05, 3.63) is 65.2 Å². The Morgan fingerprint density at radius 3 is 2.90 bits per heavy atom. The maximum Gasteiger partial charge on any atom is 0.253 e. The number of hydrogen-bond acceptors (Lipinski definition) is 3. The van der Waals surface area contributed by atoms with E-state index in [1.165, 1.54) is 18.3 Å². The van der Waals surface area contributed by atoms with Gasteiger partial charge in [0.15, 0.2) is 0 Å². The van der Waals surface area contributed by atoms with E-state index >= 15 is 0 Å². The van der Waals surface area contributed by atoms with Gasteiger partial charge in [0.1, 0.15) is 11.9 Å². The molecule has 0 fully saturated rings. The van der Waals surface area contributed by atoms with Crippen LogP contribution >= 0.6 is 0 Å². The molecule has 4 nitrogen and oxygen atoms in total. The molecule has 5 heteroatoms. The Labute approximate surface area is 115 Å². The third-order valence-electron chi connectivity index (χ3n) is 2.88. The summed E-state index contributed by atoms with van der Waals surface area (Å²) in [7, 11) is 0. The first-order valence-corrected chi connectivity index (χ1v) is 6.02. The number of pyridine rings is 1. The van der Waals surface area contributed by atoms with Crippen LogP contribution in [0.1, 0.15) is 34.5 Å². The van der Waals surface area contributed by atoms with E-state index in [9.17, 15) is 9.18 Å². The first-order valence-electron chi connectivity index (χ1n) is 6.02. The van der Waals surface area contributed by atoms with Crippen molar-refractivity contribution >= 4 is 5.91 Å². The third kappa shape index (κ3) is 2.98. The van der Waals surface area contributed by atoms with Gasteiger partial charge in [0.05, 0.1) is 17.2 Å². The lowest BCUT2D eigenvalue weighted by Crippen LogP contribution is -2.26. The molecule has 1 atom stereocenters. The molecular weight excluding hydrogens is 257 g/mol. The van der Waals surface area contributed by atoms with Crippen LogP contribution in [0.4, 0.5) is 4.39 Å². The molecule has 0 aliphatic carbocycles. The van der Waals surface area contributed by atoms with E-state index in [4.69, 9.17) is 5.26 Å². The summed E-state index contributed by atoms with van der Waals surface area (Å²) in [5, 5.41) is 11.6. The molecule has 20 heavy (non-hydrogen) atoms. The van der Waals surface area contributed by atoms with E-state index in [0.717, 1.165) is 0 Å². The van der Waals surface area contributed by atoms with Gasteiger partial charge in [-0.25, -0.2) is 4.39 Å². The monoisotopic (exact) mass is 269 g/mol. The van der Waals surface area contributed by atoms with Crippen LogP contribution in [0, 0.1) is 17.1 Å². The molecule has 0 bridgehead atoms. The number of nitrogens with one attached hydrogen (secondary N) is 1. The first kappa shape index (κ1) is 13.7. The first-order chi connectivity index (χ1) is 9.61. The number of rotatable bonds is 3. The van der Waals surface area contributed by atoms with Gasteiger partial charge >= 0.3 is 0 Å². The second-order valence-electron chi connectivity index (χ2n) is 4.29.